The molecule has 1 atom stereocenters. The standard InChI is InChI=1S/C11H18N2OS/c12-4-3-10-7-13-11(15-10)6-9-2-1-5-14-8-9/h7,9H,1-6,8,12H2. The molecule has 0 aliphatic carbocycles. The van der Waals surface area contributed by atoms with Gasteiger partial charge in [-0.15, -0.1) is 11.3 Å². The van der Waals surface area contributed by atoms with E-state index in [1.807, 2.05) is 6.20 Å². The third kappa shape index (κ3) is 3.26. The van der Waals surface area contributed by atoms with Crippen molar-refractivity contribution in [2.24, 2.45) is 11.7 Å². The van der Waals surface area contributed by atoms with Crippen LogP contribution in [0.2, 0.25) is 0 Å². The molecule has 0 radical (unpaired) electrons. The van der Waals surface area contributed by atoms with Gasteiger partial charge in [-0.3, -0.25) is 0 Å². The van der Waals surface area contributed by atoms with Gasteiger partial charge in [0.1, 0.15) is 0 Å². The molecular weight excluding hydrogens is 208 g/mol. The van der Waals surface area contributed by atoms with E-state index in [4.69, 9.17) is 10.5 Å². The second-order valence-corrected chi connectivity index (χ2v) is 5.25. The van der Waals surface area contributed by atoms with E-state index in [0.717, 1.165) is 26.1 Å². The zero-order valence-electron chi connectivity index (χ0n) is 8.95. The molecule has 1 aromatic rings. The van der Waals surface area contributed by atoms with E-state index in [1.54, 1.807) is 11.3 Å². The molecule has 0 saturated carbocycles. The summed E-state index contributed by atoms with van der Waals surface area (Å²) in [5.41, 5.74) is 5.51. The van der Waals surface area contributed by atoms with Crippen molar-refractivity contribution in [2.75, 3.05) is 19.8 Å². The number of rotatable bonds is 4. The van der Waals surface area contributed by atoms with Crippen LogP contribution in [-0.2, 0) is 17.6 Å². The van der Waals surface area contributed by atoms with Gasteiger partial charge in [0.2, 0.25) is 0 Å². The van der Waals surface area contributed by atoms with Crippen LogP contribution < -0.4 is 5.73 Å². The number of nitrogens with two attached hydrogens (primary N) is 1. The van der Waals surface area contributed by atoms with Gasteiger partial charge in [-0.2, -0.15) is 0 Å². The first-order valence-corrected chi connectivity index (χ1v) is 6.41. The van der Waals surface area contributed by atoms with E-state index >= 15 is 0 Å². The normalized spacial score (nSPS) is 21.8. The number of ether oxygens (including phenoxy) is 1. The van der Waals surface area contributed by atoms with Crippen molar-refractivity contribution in [1.29, 1.82) is 0 Å². The SMILES string of the molecule is NCCc1cnc(CC2CCCOC2)s1. The monoisotopic (exact) mass is 226 g/mol. The summed E-state index contributed by atoms with van der Waals surface area (Å²) in [5.74, 6) is 0.677. The van der Waals surface area contributed by atoms with Gasteiger partial charge >= 0.3 is 0 Å². The van der Waals surface area contributed by atoms with Crippen molar-refractivity contribution >= 4 is 11.3 Å². The van der Waals surface area contributed by atoms with Crippen molar-refractivity contribution in [3.05, 3.63) is 16.1 Å². The molecule has 0 bridgehead atoms. The second kappa shape index (κ2) is 5.58. The molecule has 2 heterocycles. The van der Waals surface area contributed by atoms with Crippen LogP contribution in [0, 0.1) is 5.92 Å². The van der Waals surface area contributed by atoms with Crippen LogP contribution in [0.1, 0.15) is 22.7 Å². The van der Waals surface area contributed by atoms with E-state index in [9.17, 15) is 0 Å². The quantitative estimate of drug-likeness (QED) is 0.848. The van der Waals surface area contributed by atoms with Gasteiger partial charge in [-0.1, -0.05) is 0 Å². The Kier molecular flexibility index (Phi) is 4.11. The first-order valence-electron chi connectivity index (χ1n) is 5.60. The average Bonchev–Trinajstić information content (AvgIpc) is 2.68. The maximum atomic E-state index is 5.51. The molecule has 1 aliphatic heterocycles. The summed E-state index contributed by atoms with van der Waals surface area (Å²) >= 11 is 1.80. The first kappa shape index (κ1) is 11.0. The minimum Gasteiger partial charge on any atom is -0.381 e. The minimum absolute atomic E-state index is 0.677. The van der Waals surface area contributed by atoms with Gasteiger partial charge in [0.05, 0.1) is 5.01 Å². The third-order valence-corrected chi connectivity index (χ3v) is 3.79. The van der Waals surface area contributed by atoms with E-state index < -0.39 is 0 Å². The Morgan fingerprint density at radius 2 is 2.53 bits per heavy atom. The Morgan fingerprint density at radius 3 is 3.27 bits per heavy atom. The molecule has 2 rings (SSSR count). The fourth-order valence-corrected chi connectivity index (χ4v) is 2.97. The molecule has 1 fully saturated rings. The summed E-state index contributed by atoms with van der Waals surface area (Å²) in [7, 11) is 0. The van der Waals surface area contributed by atoms with Gasteiger partial charge < -0.3 is 10.5 Å². The van der Waals surface area contributed by atoms with Gasteiger partial charge in [0, 0.05) is 30.7 Å². The maximum Gasteiger partial charge on any atom is 0.0931 e. The van der Waals surface area contributed by atoms with Gasteiger partial charge in [0.15, 0.2) is 0 Å². The van der Waals surface area contributed by atoms with Crippen LogP contribution in [-0.4, -0.2) is 24.7 Å². The van der Waals surface area contributed by atoms with Crippen LogP contribution in [0.15, 0.2) is 6.20 Å². The van der Waals surface area contributed by atoms with Crippen molar-refractivity contribution in [2.45, 2.75) is 25.7 Å². The molecule has 4 heteroatoms. The van der Waals surface area contributed by atoms with Crippen molar-refractivity contribution in [3.8, 4) is 0 Å². The molecule has 1 saturated heterocycles. The Bertz CT molecular complexity index is 295. The third-order valence-electron chi connectivity index (χ3n) is 2.71. The van der Waals surface area contributed by atoms with Crippen LogP contribution in [0.25, 0.3) is 0 Å². The summed E-state index contributed by atoms with van der Waals surface area (Å²) < 4.78 is 5.47. The lowest BCUT2D eigenvalue weighted by atomic mass is 9.99. The Labute approximate surface area is 94.7 Å². The molecule has 0 amide bonds. The van der Waals surface area contributed by atoms with E-state index in [0.29, 0.717) is 12.5 Å². The predicted molar refractivity (Wildman–Crippen MR) is 62.1 cm³/mol. The lowest BCUT2D eigenvalue weighted by Gasteiger charge is -2.20. The van der Waals surface area contributed by atoms with Gasteiger partial charge in [-0.25, -0.2) is 4.98 Å². The summed E-state index contributed by atoms with van der Waals surface area (Å²) in [6.45, 7) is 2.56. The van der Waals surface area contributed by atoms with Crippen molar-refractivity contribution in [3.63, 3.8) is 0 Å². The van der Waals surface area contributed by atoms with E-state index in [1.165, 1.54) is 22.7 Å². The van der Waals surface area contributed by atoms with E-state index in [2.05, 4.69) is 4.98 Å². The highest BCUT2D eigenvalue weighted by Crippen LogP contribution is 2.22. The average molecular weight is 226 g/mol. The highest BCUT2D eigenvalue weighted by molar-refractivity contribution is 7.11. The topological polar surface area (TPSA) is 48.1 Å². The molecule has 15 heavy (non-hydrogen) atoms. The highest BCUT2D eigenvalue weighted by atomic mass is 32.1. The summed E-state index contributed by atoms with van der Waals surface area (Å²) in [4.78, 5) is 5.75. The van der Waals surface area contributed by atoms with Crippen LogP contribution in [0.3, 0.4) is 0 Å². The molecule has 3 nitrogen and oxygen atoms in total. The Morgan fingerprint density at radius 1 is 1.60 bits per heavy atom. The molecular formula is C11H18N2OS. The van der Waals surface area contributed by atoms with Crippen molar-refractivity contribution < 1.29 is 4.74 Å². The molecule has 2 N–H and O–H groups in total. The minimum atomic E-state index is 0.677. The van der Waals surface area contributed by atoms with Gasteiger partial charge in [0.25, 0.3) is 0 Å². The van der Waals surface area contributed by atoms with Crippen molar-refractivity contribution in [1.82, 2.24) is 4.98 Å². The van der Waals surface area contributed by atoms with Crippen LogP contribution in [0.4, 0.5) is 0 Å². The predicted octanol–water partition coefficient (Wildman–Crippen LogP) is 1.61. The number of aromatic nitrogens is 1. The smallest absolute Gasteiger partial charge is 0.0931 e. The van der Waals surface area contributed by atoms with Gasteiger partial charge in [-0.05, 0) is 31.7 Å². The lowest BCUT2D eigenvalue weighted by molar-refractivity contribution is 0.0550. The molecule has 1 aromatic heterocycles. The fourth-order valence-electron chi connectivity index (χ4n) is 1.92. The summed E-state index contributed by atoms with van der Waals surface area (Å²) in [6.07, 6.45) is 6.49. The van der Waals surface area contributed by atoms with Crippen LogP contribution >= 0.6 is 11.3 Å². The molecule has 1 aliphatic rings. The van der Waals surface area contributed by atoms with Crippen LogP contribution in [0.5, 0.6) is 0 Å². The zero-order chi connectivity index (χ0) is 10.5. The Hall–Kier alpha value is -0.450. The summed E-state index contributed by atoms with van der Waals surface area (Å²) in [5, 5.41) is 1.24. The maximum absolute atomic E-state index is 5.51. The molecule has 84 valence electrons. The molecule has 1 unspecified atom stereocenters. The number of thiazole rings is 1. The van der Waals surface area contributed by atoms with E-state index in [-0.39, 0.29) is 0 Å². The Balaban J connectivity index is 1.86. The number of hydrogen-bond donors (Lipinski definition) is 1. The number of nitrogens with zero attached hydrogens (tertiary/aromatic N) is 1. The largest absolute Gasteiger partial charge is 0.381 e. The lowest BCUT2D eigenvalue weighted by Crippen LogP contribution is -2.19. The first-order chi connectivity index (χ1) is 7.38. The number of hydrogen-bond acceptors (Lipinski definition) is 4. The fraction of sp³-hybridized carbons (Fsp3) is 0.727. The molecule has 0 spiro atoms. The highest BCUT2D eigenvalue weighted by Gasteiger charge is 2.15. The zero-order valence-corrected chi connectivity index (χ0v) is 9.76. The summed E-state index contributed by atoms with van der Waals surface area (Å²) in [6, 6.07) is 0. The molecule has 0 aromatic carbocycles. The second-order valence-electron chi connectivity index (χ2n) is 4.05.